The van der Waals surface area contributed by atoms with Crippen LogP contribution in [0.5, 0.6) is 0 Å². The molecule has 432 valence electrons. The summed E-state index contributed by atoms with van der Waals surface area (Å²) in [7, 11) is 0. The first kappa shape index (κ1) is 71.8. The van der Waals surface area contributed by atoms with E-state index in [0.717, 1.165) is 135 Å². The minimum atomic E-state index is -0.805. The molecule has 0 aromatic heterocycles. The number of hydrogen-bond acceptors (Lipinski definition) is 6. The zero-order valence-corrected chi connectivity index (χ0v) is 49.5. The molecule has 76 heavy (non-hydrogen) atoms. The fourth-order valence-corrected chi connectivity index (χ4v) is 8.45. The van der Waals surface area contributed by atoms with Crippen LogP contribution in [0.3, 0.4) is 0 Å². The SMILES string of the molecule is CC/C=C\C/C=C\C/C=C\C/C=C\C/C=C\C/C=C\C/C=C\CCCCCC(=O)OCC(COC(=O)CCCCCCC/C=C\C/C=C\CCCCCC)OC(=O)CCCCCCCCC/C=C\CCCCCCCC. The Kier molecular flexibility index (Phi) is 59.9. The minimum Gasteiger partial charge on any atom is -0.462 e. The standard InChI is InChI=1S/C70H116O6/c1-4-7-10-13-16-19-22-25-28-31-32-33-34-35-36-37-38-40-42-45-48-51-54-57-60-63-69(72)75-66-67(65-74-68(71)62-59-56-53-50-47-44-41-30-27-24-21-18-15-12-9-6-3)76-70(73)64-61-58-55-52-49-46-43-39-29-26-23-20-17-14-11-8-5-2/h7,10,16,19,21,24-26,28-30,32-33,35-36,38,40-41,45,48,67H,4-6,8-9,11-15,17-18,20,22-23,27,31,34,37,39,42-44,46-47,49-66H2,1-3H3/b10-7-,19-16-,24-21-,28-25-,29-26-,33-32-,36-35-,40-38-,41-30-,48-45-. The monoisotopic (exact) mass is 1050 g/mol. The van der Waals surface area contributed by atoms with E-state index in [0.29, 0.717) is 19.3 Å². The molecule has 0 aromatic carbocycles. The van der Waals surface area contributed by atoms with E-state index in [4.69, 9.17) is 14.2 Å². The average molecular weight is 1050 g/mol. The first-order valence-corrected chi connectivity index (χ1v) is 31.5. The first-order valence-electron chi connectivity index (χ1n) is 31.5. The van der Waals surface area contributed by atoms with E-state index in [1.54, 1.807) is 0 Å². The summed E-state index contributed by atoms with van der Waals surface area (Å²) in [5.74, 6) is -0.947. The number of ether oxygens (including phenoxy) is 3. The van der Waals surface area contributed by atoms with Crippen molar-refractivity contribution >= 4 is 17.9 Å². The highest BCUT2D eigenvalue weighted by atomic mass is 16.6. The van der Waals surface area contributed by atoms with Gasteiger partial charge in [-0.25, -0.2) is 0 Å². The van der Waals surface area contributed by atoms with E-state index < -0.39 is 6.10 Å². The second-order valence-corrected chi connectivity index (χ2v) is 20.6. The van der Waals surface area contributed by atoms with Crippen LogP contribution in [0.25, 0.3) is 0 Å². The lowest BCUT2D eigenvalue weighted by molar-refractivity contribution is -0.167. The van der Waals surface area contributed by atoms with E-state index in [9.17, 15) is 14.4 Å². The topological polar surface area (TPSA) is 78.9 Å². The highest BCUT2D eigenvalue weighted by molar-refractivity contribution is 5.71. The Morgan fingerprint density at radius 3 is 0.842 bits per heavy atom. The van der Waals surface area contributed by atoms with Crippen LogP contribution in [-0.4, -0.2) is 37.2 Å². The number of carbonyl (C=O) groups is 3. The van der Waals surface area contributed by atoms with E-state index >= 15 is 0 Å². The Balaban J connectivity index is 4.47. The van der Waals surface area contributed by atoms with Crippen molar-refractivity contribution in [1.82, 2.24) is 0 Å². The molecule has 0 N–H and O–H groups in total. The lowest BCUT2D eigenvalue weighted by Crippen LogP contribution is -2.30. The summed E-state index contributed by atoms with van der Waals surface area (Å²) < 4.78 is 16.9. The molecule has 0 radical (unpaired) electrons. The second-order valence-electron chi connectivity index (χ2n) is 20.6. The molecule has 0 rings (SSSR count). The van der Waals surface area contributed by atoms with Crippen molar-refractivity contribution in [2.75, 3.05) is 13.2 Å². The van der Waals surface area contributed by atoms with Crippen LogP contribution in [0, 0.1) is 0 Å². The van der Waals surface area contributed by atoms with Gasteiger partial charge in [-0.2, -0.15) is 0 Å². The lowest BCUT2D eigenvalue weighted by Gasteiger charge is -2.18. The molecule has 0 amide bonds. The summed E-state index contributed by atoms with van der Waals surface area (Å²) in [6.07, 6.45) is 87.6. The highest BCUT2D eigenvalue weighted by Crippen LogP contribution is 2.14. The maximum atomic E-state index is 12.9. The number of esters is 3. The molecule has 6 nitrogen and oxygen atoms in total. The summed E-state index contributed by atoms with van der Waals surface area (Å²) in [6.45, 7) is 6.47. The number of carbonyl (C=O) groups excluding carboxylic acids is 3. The van der Waals surface area contributed by atoms with Gasteiger partial charge in [0.1, 0.15) is 13.2 Å². The molecule has 0 fully saturated rings. The first-order chi connectivity index (χ1) is 37.5. The van der Waals surface area contributed by atoms with Gasteiger partial charge in [0, 0.05) is 19.3 Å². The molecular formula is C70H116O6. The van der Waals surface area contributed by atoms with Gasteiger partial charge in [-0.15, -0.1) is 0 Å². The number of hydrogen-bond donors (Lipinski definition) is 0. The number of rotatable bonds is 56. The predicted octanol–water partition coefficient (Wildman–Crippen LogP) is 21.6. The van der Waals surface area contributed by atoms with Crippen LogP contribution in [0.4, 0.5) is 0 Å². The van der Waals surface area contributed by atoms with Gasteiger partial charge in [0.25, 0.3) is 0 Å². The van der Waals surface area contributed by atoms with Crippen molar-refractivity contribution in [3.63, 3.8) is 0 Å². The van der Waals surface area contributed by atoms with Gasteiger partial charge in [-0.3, -0.25) is 14.4 Å². The van der Waals surface area contributed by atoms with Gasteiger partial charge in [0.15, 0.2) is 6.10 Å². The Hall–Kier alpha value is -4.19. The number of allylic oxidation sites excluding steroid dienone is 20. The largest absolute Gasteiger partial charge is 0.462 e. The maximum absolute atomic E-state index is 12.9. The fourth-order valence-electron chi connectivity index (χ4n) is 8.45. The van der Waals surface area contributed by atoms with Crippen molar-refractivity contribution in [2.24, 2.45) is 0 Å². The van der Waals surface area contributed by atoms with Crippen LogP contribution < -0.4 is 0 Å². The van der Waals surface area contributed by atoms with E-state index in [-0.39, 0.29) is 31.1 Å². The summed E-state index contributed by atoms with van der Waals surface area (Å²) in [4.78, 5) is 38.3. The van der Waals surface area contributed by atoms with E-state index in [1.165, 1.54) is 109 Å². The zero-order valence-electron chi connectivity index (χ0n) is 49.5. The zero-order chi connectivity index (χ0) is 55.0. The normalized spacial score (nSPS) is 12.9. The molecule has 0 aliphatic carbocycles. The molecular weight excluding hydrogens is 937 g/mol. The summed E-state index contributed by atoms with van der Waals surface area (Å²) in [5, 5.41) is 0. The van der Waals surface area contributed by atoms with Gasteiger partial charge >= 0.3 is 17.9 Å². The van der Waals surface area contributed by atoms with Crippen LogP contribution in [0.15, 0.2) is 122 Å². The molecule has 0 aromatic rings. The Labute approximate surface area is 469 Å². The average Bonchev–Trinajstić information content (AvgIpc) is 3.42. The molecule has 0 spiro atoms. The molecule has 0 heterocycles. The van der Waals surface area contributed by atoms with Gasteiger partial charge in [0.05, 0.1) is 0 Å². The maximum Gasteiger partial charge on any atom is 0.306 e. The molecule has 1 atom stereocenters. The lowest BCUT2D eigenvalue weighted by atomic mass is 10.1. The van der Waals surface area contributed by atoms with Gasteiger partial charge in [-0.05, 0) is 135 Å². The van der Waals surface area contributed by atoms with Crippen molar-refractivity contribution in [2.45, 2.75) is 290 Å². The van der Waals surface area contributed by atoms with Crippen molar-refractivity contribution in [1.29, 1.82) is 0 Å². The van der Waals surface area contributed by atoms with Crippen molar-refractivity contribution in [3.05, 3.63) is 122 Å². The van der Waals surface area contributed by atoms with Crippen LogP contribution in [0.1, 0.15) is 284 Å². The predicted molar refractivity (Wildman–Crippen MR) is 330 cm³/mol. The van der Waals surface area contributed by atoms with Crippen LogP contribution >= 0.6 is 0 Å². The molecule has 0 aliphatic rings. The third-order valence-corrected chi connectivity index (χ3v) is 13.2. The molecule has 0 bridgehead atoms. The Bertz CT molecular complexity index is 1590. The van der Waals surface area contributed by atoms with E-state index in [2.05, 4.69) is 142 Å². The fraction of sp³-hybridized carbons (Fsp3) is 0.671. The smallest absolute Gasteiger partial charge is 0.306 e. The van der Waals surface area contributed by atoms with Crippen LogP contribution in [0.2, 0.25) is 0 Å². The van der Waals surface area contributed by atoms with Crippen molar-refractivity contribution < 1.29 is 28.6 Å². The quantitative estimate of drug-likeness (QED) is 0.0261. The van der Waals surface area contributed by atoms with Gasteiger partial charge < -0.3 is 14.2 Å². The third-order valence-electron chi connectivity index (χ3n) is 13.2. The van der Waals surface area contributed by atoms with Gasteiger partial charge in [0.2, 0.25) is 0 Å². The Morgan fingerprint density at radius 1 is 0.276 bits per heavy atom. The molecule has 0 saturated heterocycles. The Morgan fingerprint density at radius 2 is 0.513 bits per heavy atom. The summed E-state index contributed by atoms with van der Waals surface area (Å²) >= 11 is 0. The number of unbranched alkanes of at least 4 members (excludes halogenated alkanes) is 25. The van der Waals surface area contributed by atoms with E-state index in [1.807, 2.05) is 0 Å². The molecule has 0 aliphatic heterocycles. The summed E-state index contributed by atoms with van der Waals surface area (Å²) in [6, 6.07) is 0. The highest BCUT2D eigenvalue weighted by Gasteiger charge is 2.19. The molecule has 6 heteroatoms. The minimum absolute atomic E-state index is 0.0998. The van der Waals surface area contributed by atoms with Crippen molar-refractivity contribution in [3.8, 4) is 0 Å². The molecule has 1 unspecified atom stereocenters. The summed E-state index contributed by atoms with van der Waals surface area (Å²) in [5.41, 5.74) is 0. The van der Waals surface area contributed by atoms with Crippen LogP contribution in [-0.2, 0) is 28.6 Å². The van der Waals surface area contributed by atoms with Gasteiger partial charge in [-0.1, -0.05) is 251 Å². The third kappa shape index (κ3) is 60.7. The second kappa shape index (κ2) is 63.3. The molecule has 0 saturated carbocycles.